The molecule has 0 spiro atoms. The molecule has 102 valence electrons. The van der Waals surface area contributed by atoms with Gasteiger partial charge in [0.2, 0.25) is 5.28 Å². The Balaban J connectivity index is 1.93. The lowest BCUT2D eigenvalue weighted by atomic mass is 10.2. The fraction of sp³-hybridized carbons (Fsp3) is 0.538. The highest BCUT2D eigenvalue weighted by Gasteiger charge is 2.20. The number of ether oxygens (including phenoxy) is 1. The van der Waals surface area contributed by atoms with Crippen molar-refractivity contribution >= 4 is 39.0 Å². The summed E-state index contributed by atoms with van der Waals surface area (Å²) < 4.78 is 5.68. The fourth-order valence-electron chi connectivity index (χ4n) is 2.47. The van der Waals surface area contributed by atoms with Gasteiger partial charge < -0.3 is 9.64 Å². The van der Waals surface area contributed by atoms with E-state index in [4.69, 9.17) is 16.3 Å². The summed E-state index contributed by atoms with van der Waals surface area (Å²) in [6.07, 6.45) is 2.57. The number of fused-ring (bicyclic) bond motifs is 1. The molecule has 2 aromatic rings. The number of likely N-dealkylation sites (N-methyl/N-ethyl adjacent to an activating group) is 1. The number of hydrogen-bond donors (Lipinski definition) is 0. The highest BCUT2D eigenvalue weighted by atomic mass is 35.5. The maximum absolute atomic E-state index is 6.02. The molecule has 0 aliphatic carbocycles. The molecule has 1 atom stereocenters. The van der Waals surface area contributed by atoms with Gasteiger partial charge in [-0.15, -0.1) is 11.3 Å². The molecular weight excluding hydrogens is 282 g/mol. The van der Waals surface area contributed by atoms with E-state index in [1.807, 2.05) is 7.05 Å². The average Bonchev–Trinajstić information content (AvgIpc) is 2.96. The molecule has 0 amide bonds. The van der Waals surface area contributed by atoms with Gasteiger partial charge in [-0.1, -0.05) is 0 Å². The molecule has 0 aromatic carbocycles. The minimum absolute atomic E-state index is 0.300. The third-order valence-electron chi connectivity index (χ3n) is 3.33. The molecule has 1 saturated heterocycles. The van der Waals surface area contributed by atoms with E-state index in [-0.39, 0.29) is 0 Å². The Morgan fingerprint density at radius 3 is 3.11 bits per heavy atom. The summed E-state index contributed by atoms with van der Waals surface area (Å²) in [5.41, 5.74) is 0. The zero-order valence-corrected chi connectivity index (χ0v) is 12.6. The topological polar surface area (TPSA) is 38.2 Å². The highest BCUT2D eigenvalue weighted by molar-refractivity contribution is 7.18. The van der Waals surface area contributed by atoms with Crippen LogP contribution in [-0.2, 0) is 4.74 Å². The first-order chi connectivity index (χ1) is 9.13. The van der Waals surface area contributed by atoms with Crippen molar-refractivity contribution in [3.05, 3.63) is 16.2 Å². The molecule has 0 radical (unpaired) electrons. The highest BCUT2D eigenvalue weighted by Crippen LogP contribution is 2.31. The van der Waals surface area contributed by atoms with Crippen LogP contribution in [0.3, 0.4) is 0 Å². The van der Waals surface area contributed by atoms with Crippen molar-refractivity contribution in [1.82, 2.24) is 9.97 Å². The van der Waals surface area contributed by atoms with Crippen LogP contribution < -0.4 is 4.90 Å². The molecule has 6 heteroatoms. The predicted octanol–water partition coefficient (Wildman–Crippen LogP) is 3.27. The third-order valence-corrected chi connectivity index (χ3v) is 4.45. The Bertz CT molecular complexity index is 595. The molecule has 4 nitrogen and oxygen atoms in total. The van der Waals surface area contributed by atoms with Crippen molar-refractivity contribution < 1.29 is 4.74 Å². The molecule has 3 heterocycles. The minimum atomic E-state index is 0.300. The molecule has 0 saturated carbocycles. The standard InChI is InChI=1S/C13H16ClN3OS/c1-8-6-10-11(15-13(14)16-12(10)19-8)17(2)7-9-4-3-5-18-9/h6,9H,3-5,7H2,1-2H3. The third kappa shape index (κ3) is 2.68. The quantitative estimate of drug-likeness (QED) is 0.815. The predicted molar refractivity (Wildman–Crippen MR) is 79.4 cm³/mol. The van der Waals surface area contributed by atoms with Gasteiger partial charge in [-0.25, -0.2) is 4.98 Å². The van der Waals surface area contributed by atoms with E-state index < -0.39 is 0 Å². The zero-order valence-electron chi connectivity index (χ0n) is 11.0. The van der Waals surface area contributed by atoms with Crippen LogP contribution >= 0.6 is 22.9 Å². The van der Waals surface area contributed by atoms with Gasteiger partial charge in [-0.2, -0.15) is 4.98 Å². The number of anilines is 1. The van der Waals surface area contributed by atoms with Crippen LogP contribution in [0.2, 0.25) is 5.28 Å². The summed E-state index contributed by atoms with van der Waals surface area (Å²) in [6, 6.07) is 2.12. The summed E-state index contributed by atoms with van der Waals surface area (Å²) in [4.78, 5) is 13.0. The van der Waals surface area contributed by atoms with Crippen LogP contribution in [0.4, 0.5) is 5.82 Å². The van der Waals surface area contributed by atoms with E-state index in [2.05, 4.69) is 27.9 Å². The van der Waals surface area contributed by atoms with E-state index in [1.54, 1.807) is 11.3 Å². The molecular formula is C13H16ClN3OS. The van der Waals surface area contributed by atoms with E-state index in [0.717, 1.165) is 42.0 Å². The SMILES string of the molecule is Cc1cc2c(N(C)CC3CCCO3)nc(Cl)nc2s1. The number of aryl methyl sites for hydroxylation is 1. The normalized spacial score (nSPS) is 19.2. The van der Waals surface area contributed by atoms with Crippen LogP contribution in [0.5, 0.6) is 0 Å². The summed E-state index contributed by atoms with van der Waals surface area (Å²) in [6.45, 7) is 3.79. The summed E-state index contributed by atoms with van der Waals surface area (Å²) in [7, 11) is 2.03. The van der Waals surface area contributed by atoms with Gasteiger partial charge in [0.15, 0.2) is 0 Å². The van der Waals surface area contributed by atoms with Gasteiger partial charge in [0.1, 0.15) is 10.6 Å². The fourth-order valence-corrected chi connectivity index (χ4v) is 3.56. The van der Waals surface area contributed by atoms with E-state index in [9.17, 15) is 0 Å². The Hall–Kier alpha value is -0.910. The number of halogens is 1. The average molecular weight is 298 g/mol. The molecule has 1 aliphatic rings. The second-order valence-electron chi connectivity index (χ2n) is 4.91. The van der Waals surface area contributed by atoms with E-state index in [0.29, 0.717) is 11.4 Å². The first-order valence-corrected chi connectivity index (χ1v) is 7.59. The molecule has 0 bridgehead atoms. The molecule has 1 unspecified atom stereocenters. The van der Waals surface area contributed by atoms with Gasteiger partial charge >= 0.3 is 0 Å². The zero-order chi connectivity index (χ0) is 13.4. The summed E-state index contributed by atoms with van der Waals surface area (Å²) in [5, 5.41) is 1.39. The summed E-state index contributed by atoms with van der Waals surface area (Å²) in [5.74, 6) is 0.898. The number of nitrogens with zero attached hydrogens (tertiary/aromatic N) is 3. The monoisotopic (exact) mass is 297 g/mol. The molecule has 1 aliphatic heterocycles. The van der Waals surface area contributed by atoms with Gasteiger partial charge in [0, 0.05) is 25.1 Å². The maximum Gasteiger partial charge on any atom is 0.225 e. The Kier molecular flexibility index (Phi) is 3.60. The number of rotatable bonds is 3. The van der Waals surface area contributed by atoms with Crippen LogP contribution in [0, 0.1) is 6.92 Å². The van der Waals surface area contributed by atoms with Crippen molar-refractivity contribution in [1.29, 1.82) is 0 Å². The van der Waals surface area contributed by atoms with Gasteiger partial charge in [-0.3, -0.25) is 0 Å². The maximum atomic E-state index is 6.02. The molecule has 0 N–H and O–H groups in total. The van der Waals surface area contributed by atoms with Crippen molar-refractivity contribution in [2.24, 2.45) is 0 Å². The van der Waals surface area contributed by atoms with Crippen molar-refractivity contribution in [3.8, 4) is 0 Å². The number of aromatic nitrogens is 2. The Labute approximate surface area is 121 Å². The Morgan fingerprint density at radius 1 is 1.53 bits per heavy atom. The van der Waals surface area contributed by atoms with E-state index >= 15 is 0 Å². The molecule has 1 fully saturated rings. The molecule has 2 aromatic heterocycles. The molecule has 3 rings (SSSR count). The summed E-state index contributed by atoms with van der Waals surface area (Å²) >= 11 is 7.67. The number of thiophene rings is 1. The minimum Gasteiger partial charge on any atom is -0.376 e. The van der Waals surface area contributed by atoms with E-state index in [1.165, 1.54) is 4.88 Å². The first-order valence-electron chi connectivity index (χ1n) is 6.40. The smallest absolute Gasteiger partial charge is 0.225 e. The van der Waals surface area contributed by atoms with Crippen molar-refractivity contribution in [2.75, 3.05) is 25.1 Å². The van der Waals surface area contributed by atoms with Crippen molar-refractivity contribution in [3.63, 3.8) is 0 Å². The lowest BCUT2D eigenvalue weighted by Crippen LogP contribution is -2.29. The van der Waals surface area contributed by atoms with Gasteiger partial charge in [0.05, 0.1) is 11.5 Å². The van der Waals surface area contributed by atoms with Crippen LogP contribution in [0.1, 0.15) is 17.7 Å². The van der Waals surface area contributed by atoms with Crippen LogP contribution in [0.25, 0.3) is 10.2 Å². The molecule has 19 heavy (non-hydrogen) atoms. The second kappa shape index (κ2) is 5.23. The lowest BCUT2D eigenvalue weighted by molar-refractivity contribution is 0.116. The van der Waals surface area contributed by atoms with Crippen molar-refractivity contribution in [2.45, 2.75) is 25.9 Å². The lowest BCUT2D eigenvalue weighted by Gasteiger charge is -2.22. The Morgan fingerprint density at radius 2 is 2.37 bits per heavy atom. The van der Waals surface area contributed by atoms with Crippen LogP contribution in [-0.4, -0.2) is 36.3 Å². The van der Waals surface area contributed by atoms with Gasteiger partial charge in [-0.05, 0) is 37.4 Å². The largest absolute Gasteiger partial charge is 0.376 e. The number of hydrogen-bond acceptors (Lipinski definition) is 5. The van der Waals surface area contributed by atoms with Crippen LogP contribution in [0.15, 0.2) is 6.07 Å². The first kappa shape index (κ1) is 13.1. The second-order valence-corrected chi connectivity index (χ2v) is 6.48. The van der Waals surface area contributed by atoms with Gasteiger partial charge in [0.25, 0.3) is 0 Å².